The summed E-state index contributed by atoms with van der Waals surface area (Å²) in [5.41, 5.74) is 9.18. The number of hydrogen-bond donors (Lipinski definition) is 1. The van der Waals surface area contributed by atoms with Gasteiger partial charge in [0.1, 0.15) is 5.75 Å². The molecular weight excluding hydrogens is 286 g/mol. The summed E-state index contributed by atoms with van der Waals surface area (Å²) < 4.78 is 7.53. The van der Waals surface area contributed by atoms with Gasteiger partial charge in [0.15, 0.2) is 0 Å². The van der Waals surface area contributed by atoms with Crippen molar-refractivity contribution >= 4 is 11.6 Å². The summed E-state index contributed by atoms with van der Waals surface area (Å²) in [6.45, 7) is 4.54. The molecule has 0 aliphatic carbocycles. The molecule has 0 spiro atoms. The Morgan fingerprint density at radius 3 is 2.76 bits per heavy atom. The van der Waals surface area contributed by atoms with Crippen molar-refractivity contribution in [2.75, 3.05) is 6.61 Å². The highest BCUT2D eigenvalue weighted by Gasteiger charge is 2.14. The molecule has 0 aliphatic heterocycles. The van der Waals surface area contributed by atoms with E-state index in [-0.39, 0.29) is 6.04 Å². The zero-order valence-corrected chi connectivity index (χ0v) is 13.5. The standard InChI is InChI=1S/C16H22ClN3O/c1-11-5-4-6-14(9-11)21-8-7-13(18)10-15-16(17)12(2)19-20(15)3/h4-6,9,13H,7-8,10,18H2,1-3H3. The van der Waals surface area contributed by atoms with Gasteiger partial charge in [-0.25, -0.2) is 0 Å². The third-order valence-electron chi connectivity index (χ3n) is 3.46. The normalized spacial score (nSPS) is 12.4. The molecule has 1 aromatic carbocycles. The van der Waals surface area contributed by atoms with Gasteiger partial charge in [-0.3, -0.25) is 4.68 Å². The molecule has 2 N–H and O–H groups in total. The third-order valence-corrected chi connectivity index (χ3v) is 3.96. The topological polar surface area (TPSA) is 53.1 Å². The summed E-state index contributed by atoms with van der Waals surface area (Å²) in [6, 6.07) is 8.02. The summed E-state index contributed by atoms with van der Waals surface area (Å²) in [6.07, 6.45) is 1.47. The van der Waals surface area contributed by atoms with Crippen LogP contribution < -0.4 is 10.5 Å². The molecule has 2 rings (SSSR count). The smallest absolute Gasteiger partial charge is 0.119 e. The second-order valence-electron chi connectivity index (χ2n) is 5.39. The minimum Gasteiger partial charge on any atom is -0.494 e. The van der Waals surface area contributed by atoms with Crippen LogP contribution in [0.3, 0.4) is 0 Å². The third kappa shape index (κ3) is 4.22. The minimum atomic E-state index is 0.00195. The van der Waals surface area contributed by atoms with Gasteiger partial charge in [-0.15, -0.1) is 0 Å². The van der Waals surface area contributed by atoms with Crippen molar-refractivity contribution in [3.63, 3.8) is 0 Å². The molecule has 0 fully saturated rings. The average Bonchev–Trinajstić information content (AvgIpc) is 2.65. The maximum absolute atomic E-state index is 6.24. The monoisotopic (exact) mass is 307 g/mol. The first-order valence-electron chi connectivity index (χ1n) is 7.10. The number of halogens is 1. The van der Waals surface area contributed by atoms with Crippen LogP contribution in [0, 0.1) is 13.8 Å². The van der Waals surface area contributed by atoms with Gasteiger partial charge in [-0.1, -0.05) is 23.7 Å². The molecule has 1 atom stereocenters. The highest BCUT2D eigenvalue weighted by atomic mass is 35.5. The van der Waals surface area contributed by atoms with Crippen molar-refractivity contribution in [2.24, 2.45) is 12.8 Å². The first-order valence-corrected chi connectivity index (χ1v) is 7.48. The van der Waals surface area contributed by atoms with Gasteiger partial charge >= 0.3 is 0 Å². The molecule has 5 heteroatoms. The number of nitrogens with zero attached hydrogens (tertiary/aromatic N) is 2. The Bertz CT molecular complexity index is 610. The summed E-state index contributed by atoms with van der Waals surface area (Å²) >= 11 is 6.24. The Morgan fingerprint density at radius 2 is 2.14 bits per heavy atom. The second kappa shape index (κ2) is 6.96. The van der Waals surface area contributed by atoms with E-state index in [0.29, 0.717) is 18.1 Å². The van der Waals surface area contributed by atoms with Crippen LogP contribution in [-0.4, -0.2) is 22.4 Å². The lowest BCUT2D eigenvalue weighted by atomic mass is 10.1. The molecule has 0 bridgehead atoms. The number of ether oxygens (including phenoxy) is 1. The van der Waals surface area contributed by atoms with E-state index < -0.39 is 0 Å². The molecule has 1 aromatic heterocycles. The van der Waals surface area contributed by atoms with Crippen LogP contribution >= 0.6 is 11.6 Å². The van der Waals surface area contributed by atoms with E-state index in [1.165, 1.54) is 5.56 Å². The molecule has 4 nitrogen and oxygen atoms in total. The van der Waals surface area contributed by atoms with E-state index in [9.17, 15) is 0 Å². The van der Waals surface area contributed by atoms with E-state index in [1.54, 1.807) is 4.68 Å². The summed E-state index contributed by atoms with van der Waals surface area (Å²) in [7, 11) is 1.89. The quantitative estimate of drug-likeness (QED) is 0.892. The van der Waals surface area contributed by atoms with E-state index in [1.807, 2.05) is 45.2 Å². The molecule has 0 amide bonds. The SMILES string of the molecule is Cc1cccc(OCCC(N)Cc2c(Cl)c(C)nn2C)c1. The molecule has 0 saturated heterocycles. The van der Waals surface area contributed by atoms with Crippen molar-refractivity contribution < 1.29 is 4.74 Å². The second-order valence-corrected chi connectivity index (χ2v) is 5.77. The minimum absolute atomic E-state index is 0.00195. The number of hydrogen-bond acceptors (Lipinski definition) is 3. The zero-order chi connectivity index (χ0) is 15.4. The fourth-order valence-electron chi connectivity index (χ4n) is 2.29. The number of aryl methyl sites for hydroxylation is 3. The molecule has 21 heavy (non-hydrogen) atoms. The van der Waals surface area contributed by atoms with Crippen LogP contribution in [0.2, 0.25) is 5.02 Å². The van der Waals surface area contributed by atoms with Gasteiger partial charge in [-0.05, 0) is 38.0 Å². The van der Waals surface area contributed by atoms with E-state index in [4.69, 9.17) is 22.1 Å². The first-order chi connectivity index (χ1) is 9.97. The lowest BCUT2D eigenvalue weighted by Crippen LogP contribution is -2.26. The highest BCUT2D eigenvalue weighted by molar-refractivity contribution is 6.31. The van der Waals surface area contributed by atoms with Gasteiger partial charge in [0.05, 0.1) is 23.0 Å². The molecule has 1 unspecified atom stereocenters. The Balaban J connectivity index is 1.83. The average molecular weight is 308 g/mol. The van der Waals surface area contributed by atoms with Gasteiger partial charge < -0.3 is 10.5 Å². The van der Waals surface area contributed by atoms with Crippen LogP contribution in [0.1, 0.15) is 23.4 Å². The number of benzene rings is 1. The Morgan fingerprint density at radius 1 is 1.38 bits per heavy atom. The Kier molecular flexibility index (Phi) is 5.26. The predicted octanol–water partition coefficient (Wildman–Crippen LogP) is 3.03. The van der Waals surface area contributed by atoms with Gasteiger partial charge in [0, 0.05) is 19.5 Å². The molecule has 114 valence electrons. The molecule has 0 aliphatic rings. The van der Waals surface area contributed by atoms with Crippen LogP contribution in [0.15, 0.2) is 24.3 Å². The Hall–Kier alpha value is -1.52. The van der Waals surface area contributed by atoms with Crippen LogP contribution in [-0.2, 0) is 13.5 Å². The summed E-state index contributed by atoms with van der Waals surface area (Å²) in [5, 5.41) is 5.01. The van der Waals surface area contributed by atoms with Crippen molar-refractivity contribution in [1.82, 2.24) is 9.78 Å². The van der Waals surface area contributed by atoms with Gasteiger partial charge in [0.25, 0.3) is 0 Å². The fraction of sp³-hybridized carbons (Fsp3) is 0.438. The summed E-state index contributed by atoms with van der Waals surface area (Å²) in [5.74, 6) is 0.886. The van der Waals surface area contributed by atoms with Gasteiger partial charge in [-0.2, -0.15) is 5.10 Å². The lowest BCUT2D eigenvalue weighted by Gasteiger charge is -2.13. The van der Waals surface area contributed by atoms with Crippen LogP contribution in [0.25, 0.3) is 0 Å². The molecule has 1 heterocycles. The largest absolute Gasteiger partial charge is 0.494 e. The van der Waals surface area contributed by atoms with Crippen LogP contribution in [0.5, 0.6) is 5.75 Å². The molecular formula is C16H22ClN3O. The predicted molar refractivity (Wildman–Crippen MR) is 85.9 cm³/mol. The molecule has 2 aromatic rings. The van der Waals surface area contributed by atoms with Crippen molar-refractivity contribution in [3.8, 4) is 5.75 Å². The van der Waals surface area contributed by atoms with E-state index in [2.05, 4.69) is 5.10 Å². The molecule has 0 radical (unpaired) electrons. The van der Waals surface area contributed by atoms with E-state index in [0.717, 1.165) is 23.6 Å². The number of aromatic nitrogens is 2. The van der Waals surface area contributed by atoms with Crippen LogP contribution in [0.4, 0.5) is 0 Å². The van der Waals surface area contributed by atoms with Crippen molar-refractivity contribution in [2.45, 2.75) is 32.7 Å². The first kappa shape index (κ1) is 15.9. The Labute approximate surface area is 130 Å². The maximum Gasteiger partial charge on any atom is 0.119 e. The maximum atomic E-state index is 6.24. The van der Waals surface area contributed by atoms with Crippen molar-refractivity contribution in [1.29, 1.82) is 0 Å². The number of nitrogens with two attached hydrogens (primary N) is 1. The molecule has 0 saturated carbocycles. The summed E-state index contributed by atoms with van der Waals surface area (Å²) in [4.78, 5) is 0. The zero-order valence-electron chi connectivity index (χ0n) is 12.8. The number of rotatable bonds is 6. The highest BCUT2D eigenvalue weighted by Crippen LogP contribution is 2.21. The van der Waals surface area contributed by atoms with Crippen molar-refractivity contribution in [3.05, 3.63) is 46.2 Å². The lowest BCUT2D eigenvalue weighted by molar-refractivity contribution is 0.296. The fourth-order valence-corrected chi connectivity index (χ4v) is 2.52. The van der Waals surface area contributed by atoms with E-state index >= 15 is 0 Å². The van der Waals surface area contributed by atoms with Gasteiger partial charge in [0.2, 0.25) is 0 Å².